The molecule has 1 aromatic rings. The van der Waals surface area contributed by atoms with Crippen molar-refractivity contribution in [3.8, 4) is 5.75 Å². The summed E-state index contributed by atoms with van der Waals surface area (Å²) in [7, 11) is 0. The summed E-state index contributed by atoms with van der Waals surface area (Å²) in [6, 6.07) is 5.68. The number of hydrogen-bond acceptors (Lipinski definition) is 4. The maximum absolute atomic E-state index is 11.1. The summed E-state index contributed by atoms with van der Waals surface area (Å²) in [4.78, 5) is 11.1. The topological polar surface area (TPSA) is 26.3 Å². The molecule has 0 saturated carbocycles. The van der Waals surface area contributed by atoms with E-state index in [0.717, 1.165) is 36.2 Å². The van der Waals surface area contributed by atoms with Crippen LogP contribution >= 0.6 is 23.5 Å². The number of carbonyl (C=O) groups is 1. The van der Waals surface area contributed by atoms with Gasteiger partial charge in [0, 0.05) is 17.5 Å². The van der Waals surface area contributed by atoms with Gasteiger partial charge in [-0.15, -0.1) is 23.5 Å². The van der Waals surface area contributed by atoms with Gasteiger partial charge in [-0.2, -0.15) is 0 Å². The maximum atomic E-state index is 11.1. The van der Waals surface area contributed by atoms with Crippen molar-refractivity contribution >= 4 is 29.8 Å². The number of rotatable bonds is 3. The lowest BCUT2D eigenvalue weighted by Gasteiger charge is -2.36. The highest BCUT2D eigenvalue weighted by molar-refractivity contribution is 8.16. The van der Waals surface area contributed by atoms with Crippen molar-refractivity contribution in [2.45, 2.75) is 10.5 Å². The van der Waals surface area contributed by atoms with Crippen molar-refractivity contribution < 1.29 is 9.53 Å². The zero-order valence-corrected chi connectivity index (χ0v) is 11.0. The van der Waals surface area contributed by atoms with Crippen molar-refractivity contribution in [2.75, 3.05) is 19.1 Å². The van der Waals surface area contributed by atoms with Gasteiger partial charge >= 0.3 is 0 Å². The Labute approximate surface area is 104 Å². The molecular weight excluding hydrogens is 240 g/mol. The van der Waals surface area contributed by atoms with Crippen molar-refractivity contribution in [2.24, 2.45) is 0 Å². The van der Waals surface area contributed by atoms with Crippen LogP contribution in [-0.2, 0) is 4.08 Å². The first-order chi connectivity index (χ1) is 7.77. The van der Waals surface area contributed by atoms with Crippen LogP contribution in [0.4, 0.5) is 0 Å². The van der Waals surface area contributed by atoms with Gasteiger partial charge in [-0.25, -0.2) is 0 Å². The van der Waals surface area contributed by atoms with Gasteiger partial charge in [-0.05, 0) is 18.6 Å². The third kappa shape index (κ3) is 1.74. The van der Waals surface area contributed by atoms with Crippen molar-refractivity contribution in [3.63, 3.8) is 0 Å². The molecule has 0 aliphatic carbocycles. The van der Waals surface area contributed by atoms with Crippen LogP contribution in [0.1, 0.15) is 22.3 Å². The summed E-state index contributed by atoms with van der Waals surface area (Å²) < 4.78 is 5.60. The maximum Gasteiger partial charge on any atom is 0.150 e. The van der Waals surface area contributed by atoms with E-state index in [2.05, 4.69) is 12.5 Å². The predicted molar refractivity (Wildman–Crippen MR) is 70.6 cm³/mol. The van der Waals surface area contributed by atoms with Gasteiger partial charge in [-0.1, -0.05) is 12.1 Å². The molecule has 1 aliphatic heterocycles. The Morgan fingerprint density at radius 3 is 2.75 bits per heavy atom. The Balaban J connectivity index is 2.63. The largest absolute Gasteiger partial charge is 0.493 e. The first-order valence-corrected chi connectivity index (χ1v) is 7.54. The molecule has 86 valence electrons. The summed E-state index contributed by atoms with van der Waals surface area (Å²) in [5.41, 5.74) is 1.80. The fraction of sp³-hybridized carbons (Fsp3) is 0.417. The molecule has 0 spiro atoms. The van der Waals surface area contributed by atoms with Crippen molar-refractivity contribution in [1.82, 2.24) is 0 Å². The van der Waals surface area contributed by atoms with E-state index >= 15 is 0 Å². The minimum absolute atomic E-state index is 0.0366. The Morgan fingerprint density at radius 1 is 1.38 bits per heavy atom. The number of hydrogen-bond donors (Lipinski definition) is 0. The molecule has 0 fully saturated rings. The third-order valence-corrected chi connectivity index (χ3v) is 6.05. The highest BCUT2D eigenvalue weighted by Crippen LogP contribution is 2.53. The smallest absolute Gasteiger partial charge is 0.150 e. The third-order valence-electron chi connectivity index (χ3n) is 2.91. The fourth-order valence-electron chi connectivity index (χ4n) is 2.09. The molecule has 2 rings (SSSR count). The average Bonchev–Trinajstić information content (AvgIpc) is 2.37. The van der Waals surface area contributed by atoms with Crippen LogP contribution in [0.5, 0.6) is 5.75 Å². The summed E-state index contributed by atoms with van der Waals surface area (Å²) >= 11 is 3.58. The Hall–Kier alpha value is -0.610. The molecule has 2 nitrogen and oxygen atoms in total. The van der Waals surface area contributed by atoms with Crippen LogP contribution < -0.4 is 4.74 Å². The van der Waals surface area contributed by atoms with Crippen LogP contribution in [0.25, 0.3) is 0 Å². The molecule has 0 unspecified atom stereocenters. The number of carbonyl (C=O) groups excluding carboxylic acids is 1. The van der Waals surface area contributed by atoms with Crippen LogP contribution in [0, 0.1) is 0 Å². The lowest BCUT2D eigenvalue weighted by Crippen LogP contribution is -2.27. The average molecular weight is 254 g/mol. The van der Waals surface area contributed by atoms with E-state index in [9.17, 15) is 4.79 Å². The summed E-state index contributed by atoms with van der Waals surface area (Å²) in [5, 5.41) is 0. The van der Waals surface area contributed by atoms with Gasteiger partial charge in [0.2, 0.25) is 0 Å². The van der Waals surface area contributed by atoms with E-state index in [1.165, 1.54) is 0 Å². The van der Waals surface area contributed by atoms with Crippen LogP contribution in [0.3, 0.4) is 0 Å². The monoisotopic (exact) mass is 254 g/mol. The molecule has 1 aromatic carbocycles. The predicted octanol–water partition coefficient (Wildman–Crippen LogP) is 3.16. The van der Waals surface area contributed by atoms with E-state index in [0.29, 0.717) is 0 Å². The summed E-state index contributed by atoms with van der Waals surface area (Å²) in [5.74, 6) is 0.861. The molecule has 0 saturated heterocycles. The normalized spacial score (nSPS) is 17.4. The van der Waals surface area contributed by atoms with Crippen molar-refractivity contribution in [3.05, 3.63) is 29.3 Å². The zero-order chi connectivity index (χ0) is 11.6. The highest BCUT2D eigenvalue weighted by Gasteiger charge is 2.38. The van der Waals surface area contributed by atoms with Gasteiger partial charge in [0.1, 0.15) is 5.75 Å². The van der Waals surface area contributed by atoms with Gasteiger partial charge in [0.05, 0.1) is 10.7 Å². The molecule has 0 N–H and O–H groups in total. The van der Waals surface area contributed by atoms with Crippen LogP contribution in [0.2, 0.25) is 0 Å². The van der Waals surface area contributed by atoms with E-state index in [4.69, 9.17) is 4.74 Å². The first kappa shape index (κ1) is 11.9. The van der Waals surface area contributed by atoms with E-state index < -0.39 is 0 Å². The Morgan fingerprint density at radius 2 is 2.12 bits per heavy atom. The first-order valence-electron chi connectivity index (χ1n) is 5.09. The zero-order valence-electron chi connectivity index (χ0n) is 9.36. The Bertz CT molecular complexity index is 400. The highest BCUT2D eigenvalue weighted by atomic mass is 32.2. The van der Waals surface area contributed by atoms with E-state index in [1.807, 2.05) is 18.2 Å². The second-order valence-electron chi connectivity index (χ2n) is 3.60. The number of benzene rings is 1. The molecule has 0 bridgehead atoms. The fourth-order valence-corrected chi connectivity index (χ4v) is 4.17. The number of ether oxygens (including phenoxy) is 1. The second kappa shape index (κ2) is 4.72. The molecule has 0 radical (unpaired) electrons. The van der Waals surface area contributed by atoms with Crippen LogP contribution in [-0.4, -0.2) is 25.4 Å². The van der Waals surface area contributed by atoms with Crippen LogP contribution in [0.15, 0.2) is 18.2 Å². The molecular formula is C12H14O2S2. The lowest BCUT2D eigenvalue weighted by atomic mass is 9.99. The number of fused-ring (bicyclic) bond motifs is 1. The lowest BCUT2D eigenvalue weighted by molar-refractivity contribution is 0.112. The van der Waals surface area contributed by atoms with Gasteiger partial charge in [0.15, 0.2) is 6.29 Å². The molecule has 16 heavy (non-hydrogen) atoms. The minimum Gasteiger partial charge on any atom is -0.493 e. The SMILES string of the molecule is CSC1(SC)CCOc2cccc(C=O)c21. The molecule has 1 aliphatic rings. The molecule has 0 aromatic heterocycles. The standard InChI is InChI=1S/C12H14O2S2/c1-15-12(16-2)6-7-14-10-5-3-4-9(8-13)11(10)12/h3-5,8H,6-7H2,1-2H3. The second-order valence-corrected chi connectivity index (χ2v) is 6.07. The molecule has 0 atom stereocenters. The van der Waals surface area contributed by atoms with Gasteiger partial charge < -0.3 is 4.74 Å². The summed E-state index contributed by atoms with van der Waals surface area (Å²) in [6.07, 6.45) is 6.04. The quantitative estimate of drug-likeness (QED) is 0.611. The van der Waals surface area contributed by atoms with Crippen molar-refractivity contribution in [1.29, 1.82) is 0 Å². The molecule has 0 amide bonds. The number of thioether (sulfide) groups is 2. The molecule has 4 heteroatoms. The van der Waals surface area contributed by atoms with E-state index in [-0.39, 0.29) is 4.08 Å². The summed E-state index contributed by atoms with van der Waals surface area (Å²) in [6.45, 7) is 0.719. The Kier molecular flexibility index (Phi) is 3.50. The van der Waals surface area contributed by atoms with E-state index in [1.54, 1.807) is 23.5 Å². The number of aldehydes is 1. The minimum atomic E-state index is -0.0366. The molecule has 1 heterocycles. The van der Waals surface area contributed by atoms with Gasteiger partial charge in [0.25, 0.3) is 0 Å². The van der Waals surface area contributed by atoms with Gasteiger partial charge in [-0.3, -0.25) is 4.79 Å².